The maximum absolute atomic E-state index is 12.2. The van der Waals surface area contributed by atoms with Gasteiger partial charge >= 0.3 is 0 Å². The van der Waals surface area contributed by atoms with E-state index in [0.29, 0.717) is 22.0 Å². The summed E-state index contributed by atoms with van der Waals surface area (Å²) in [6.07, 6.45) is 1.38. The second kappa shape index (κ2) is 4.47. The predicted molar refractivity (Wildman–Crippen MR) is 73.9 cm³/mol. The molecule has 0 fully saturated rings. The number of carbonyl (C=O) groups is 1. The Kier molecular flexibility index (Phi) is 2.88. The number of methoxy groups -OCH3 is 1. The van der Waals surface area contributed by atoms with E-state index in [4.69, 9.17) is 16.3 Å². The van der Waals surface area contributed by atoms with Gasteiger partial charge in [0.2, 0.25) is 5.60 Å². The van der Waals surface area contributed by atoms with Crippen LogP contribution in [0.4, 0.5) is 5.69 Å². The third kappa shape index (κ3) is 1.67. The van der Waals surface area contributed by atoms with Crippen molar-refractivity contribution in [2.45, 2.75) is 5.60 Å². The Labute approximate surface area is 120 Å². The minimum Gasteiger partial charge on any atom is -0.496 e. The highest BCUT2D eigenvalue weighted by Crippen LogP contribution is 2.45. The van der Waals surface area contributed by atoms with Gasteiger partial charge < -0.3 is 15.2 Å². The summed E-state index contributed by atoms with van der Waals surface area (Å²) in [6.45, 7) is 0. The lowest BCUT2D eigenvalue weighted by Gasteiger charge is -2.21. The van der Waals surface area contributed by atoms with Gasteiger partial charge in [0.25, 0.3) is 5.91 Å². The SMILES string of the molecule is COc1cccc2c1C(O)(c1ccc(Cl)cn1)C(=O)N2. The lowest BCUT2D eigenvalue weighted by atomic mass is 9.90. The molecular weight excluding hydrogens is 280 g/mol. The highest BCUT2D eigenvalue weighted by atomic mass is 35.5. The second-order valence-electron chi connectivity index (χ2n) is 4.41. The molecule has 102 valence electrons. The molecule has 1 atom stereocenters. The van der Waals surface area contributed by atoms with Gasteiger partial charge in [-0.1, -0.05) is 17.7 Å². The first-order valence-electron chi connectivity index (χ1n) is 5.90. The molecule has 0 bridgehead atoms. The number of amides is 1. The third-order valence-electron chi connectivity index (χ3n) is 3.28. The summed E-state index contributed by atoms with van der Waals surface area (Å²) in [6, 6.07) is 8.20. The molecule has 1 aliphatic rings. The molecule has 1 aromatic carbocycles. The predicted octanol–water partition coefficient (Wildman–Crippen LogP) is 1.93. The van der Waals surface area contributed by atoms with Crippen molar-refractivity contribution in [2.75, 3.05) is 12.4 Å². The first-order valence-corrected chi connectivity index (χ1v) is 6.28. The van der Waals surface area contributed by atoms with Crippen molar-refractivity contribution in [1.82, 2.24) is 4.98 Å². The van der Waals surface area contributed by atoms with E-state index in [2.05, 4.69) is 10.3 Å². The number of anilines is 1. The molecule has 1 amide bonds. The molecule has 2 N–H and O–H groups in total. The third-order valence-corrected chi connectivity index (χ3v) is 3.51. The molecule has 20 heavy (non-hydrogen) atoms. The molecule has 0 aliphatic carbocycles. The van der Waals surface area contributed by atoms with Gasteiger partial charge in [-0.3, -0.25) is 9.78 Å². The van der Waals surface area contributed by atoms with Crippen molar-refractivity contribution in [3.05, 3.63) is 52.8 Å². The molecular formula is C14H11ClN2O3. The van der Waals surface area contributed by atoms with Crippen LogP contribution in [0.5, 0.6) is 5.75 Å². The van der Waals surface area contributed by atoms with Crippen molar-refractivity contribution in [3.8, 4) is 5.75 Å². The van der Waals surface area contributed by atoms with Crippen LogP contribution in [-0.2, 0) is 10.4 Å². The maximum Gasteiger partial charge on any atom is 0.267 e. The van der Waals surface area contributed by atoms with Crippen molar-refractivity contribution in [3.63, 3.8) is 0 Å². The number of aromatic nitrogens is 1. The number of hydrogen-bond acceptors (Lipinski definition) is 4. The van der Waals surface area contributed by atoms with Crippen LogP contribution < -0.4 is 10.1 Å². The van der Waals surface area contributed by atoms with Gasteiger partial charge in [-0.05, 0) is 24.3 Å². The van der Waals surface area contributed by atoms with Gasteiger partial charge in [0.15, 0.2) is 0 Å². The Hall–Kier alpha value is -2.11. The van der Waals surface area contributed by atoms with E-state index >= 15 is 0 Å². The van der Waals surface area contributed by atoms with E-state index in [1.54, 1.807) is 24.3 Å². The van der Waals surface area contributed by atoms with Crippen molar-refractivity contribution in [1.29, 1.82) is 0 Å². The molecule has 6 heteroatoms. The average Bonchev–Trinajstić information content (AvgIpc) is 2.72. The van der Waals surface area contributed by atoms with Gasteiger partial charge in [-0.15, -0.1) is 0 Å². The van der Waals surface area contributed by atoms with Crippen LogP contribution in [0, 0.1) is 0 Å². The van der Waals surface area contributed by atoms with Gasteiger partial charge in [-0.2, -0.15) is 0 Å². The van der Waals surface area contributed by atoms with Crippen LogP contribution in [0.3, 0.4) is 0 Å². The summed E-state index contributed by atoms with van der Waals surface area (Å²) in [5.41, 5.74) is -0.814. The molecule has 1 aromatic heterocycles. The molecule has 0 spiro atoms. The number of ether oxygens (including phenoxy) is 1. The number of nitrogens with one attached hydrogen (secondary N) is 1. The maximum atomic E-state index is 12.2. The number of aliphatic hydroxyl groups is 1. The standard InChI is InChI=1S/C14H11ClN2O3/c1-20-10-4-2-3-9-12(10)14(19,13(18)17-9)11-6-5-8(15)7-16-11/h2-7,19H,1H3,(H,17,18). The quantitative estimate of drug-likeness (QED) is 0.886. The molecule has 0 saturated heterocycles. The number of fused-ring (bicyclic) bond motifs is 1. The Morgan fingerprint density at radius 2 is 2.15 bits per heavy atom. The second-order valence-corrected chi connectivity index (χ2v) is 4.85. The van der Waals surface area contributed by atoms with Crippen LogP contribution in [0.25, 0.3) is 0 Å². The number of halogens is 1. The lowest BCUT2D eigenvalue weighted by Crippen LogP contribution is -2.36. The molecule has 2 aromatic rings. The van der Waals surface area contributed by atoms with Crippen LogP contribution in [-0.4, -0.2) is 23.1 Å². The summed E-state index contributed by atoms with van der Waals surface area (Å²) < 4.78 is 5.24. The number of hydrogen-bond donors (Lipinski definition) is 2. The largest absolute Gasteiger partial charge is 0.496 e. The monoisotopic (exact) mass is 290 g/mol. The molecule has 1 unspecified atom stereocenters. The zero-order valence-electron chi connectivity index (χ0n) is 10.6. The highest BCUT2D eigenvalue weighted by Gasteiger charge is 2.50. The summed E-state index contributed by atoms with van der Waals surface area (Å²) >= 11 is 5.79. The smallest absolute Gasteiger partial charge is 0.267 e. The number of pyridine rings is 1. The molecule has 2 heterocycles. The fourth-order valence-corrected chi connectivity index (χ4v) is 2.45. The zero-order valence-corrected chi connectivity index (χ0v) is 11.3. The van der Waals surface area contributed by atoms with Crippen LogP contribution in [0.2, 0.25) is 5.02 Å². The normalized spacial score (nSPS) is 20.4. The Morgan fingerprint density at radius 3 is 2.80 bits per heavy atom. The fourth-order valence-electron chi connectivity index (χ4n) is 2.34. The van der Waals surface area contributed by atoms with Crippen LogP contribution in [0.15, 0.2) is 36.5 Å². The van der Waals surface area contributed by atoms with Gasteiger partial charge in [0, 0.05) is 6.20 Å². The summed E-state index contributed by atoms with van der Waals surface area (Å²) in [5.74, 6) is -0.146. The Morgan fingerprint density at radius 1 is 1.35 bits per heavy atom. The first-order chi connectivity index (χ1) is 9.57. The summed E-state index contributed by atoms with van der Waals surface area (Å²) in [4.78, 5) is 16.3. The minimum atomic E-state index is -1.88. The van der Waals surface area contributed by atoms with E-state index in [9.17, 15) is 9.90 Å². The van der Waals surface area contributed by atoms with E-state index < -0.39 is 11.5 Å². The highest BCUT2D eigenvalue weighted by molar-refractivity contribution is 6.30. The summed E-state index contributed by atoms with van der Waals surface area (Å²) in [5, 5.41) is 13.9. The topological polar surface area (TPSA) is 71.5 Å². The summed E-state index contributed by atoms with van der Waals surface area (Å²) in [7, 11) is 1.48. The lowest BCUT2D eigenvalue weighted by molar-refractivity contribution is -0.130. The van der Waals surface area contributed by atoms with E-state index in [-0.39, 0.29) is 5.69 Å². The zero-order chi connectivity index (χ0) is 14.3. The number of benzene rings is 1. The number of carbonyl (C=O) groups excluding carboxylic acids is 1. The number of nitrogens with zero attached hydrogens (tertiary/aromatic N) is 1. The van der Waals surface area contributed by atoms with Crippen molar-refractivity contribution < 1.29 is 14.6 Å². The molecule has 1 aliphatic heterocycles. The molecule has 3 rings (SSSR count). The van der Waals surface area contributed by atoms with E-state index in [1.165, 1.54) is 19.4 Å². The van der Waals surface area contributed by atoms with Crippen molar-refractivity contribution in [2.24, 2.45) is 0 Å². The number of rotatable bonds is 2. The molecule has 5 nitrogen and oxygen atoms in total. The molecule has 0 saturated carbocycles. The van der Waals surface area contributed by atoms with Gasteiger partial charge in [0.1, 0.15) is 5.75 Å². The fraction of sp³-hybridized carbons (Fsp3) is 0.143. The van der Waals surface area contributed by atoms with Crippen LogP contribution >= 0.6 is 11.6 Å². The van der Waals surface area contributed by atoms with Crippen LogP contribution in [0.1, 0.15) is 11.3 Å². The Balaban J connectivity index is 2.25. The molecule has 0 radical (unpaired) electrons. The first kappa shape index (κ1) is 12.9. The van der Waals surface area contributed by atoms with Crippen molar-refractivity contribution >= 4 is 23.2 Å². The average molecular weight is 291 g/mol. The van der Waals surface area contributed by atoms with E-state index in [0.717, 1.165) is 0 Å². The minimum absolute atomic E-state index is 0.197. The Bertz CT molecular complexity index is 687. The van der Waals surface area contributed by atoms with E-state index in [1.807, 2.05) is 0 Å². The van der Waals surface area contributed by atoms with Gasteiger partial charge in [0.05, 0.1) is 29.1 Å². The van der Waals surface area contributed by atoms with Gasteiger partial charge in [-0.25, -0.2) is 0 Å².